The topological polar surface area (TPSA) is 71.5 Å². The number of nitrogens with zero attached hydrogens (tertiary/aromatic N) is 2. The lowest BCUT2D eigenvalue weighted by atomic mass is 10.0. The lowest BCUT2D eigenvalue weighted by Gasteiger charge is -2.15. The van der Waals surface area contributed by atoms with Gasteiger partial charge in [-0.05, 0) is 60.9 Å². The van der Waals surface area contributed by atoms with Crippen LogP contribution in [-0.4, -0.2) is 28.3 Å². The summed E-state index contributed by atoms with van der Waals surface area (Å²) < 4.78 is 5.66. The molecule has 1 aliphatic heterocycles. The third kappa shape index (κ3) is 4.76. The van der Waals surface area contributed by atoms with Crippen molar-refractivity contribution in [2.45, 2.75) is 26.8 Å². The number of pyridine rings is 1. The highest BCUT2D eigenvalue weighted by molar-refractivity contribution is 6.36. The van der Waals surface area contributed by atoms with Crippen LogP contribution in [0.1, 0.15) is 30.2 Å². The van der Waals surface area contributed by atoms with Gasteiger partial charge in [0.15, 0.2) is 0 Å². The summed E-state index contributed by atoms with van der Waals surface area (Å²) in [7, 11) is 0. The molecule has 0 aliphatic carbocycles. The molecular weight excluding hydrogens is 438 g/mol. The third-order valence-electron chi connectivity index (χ3n) is 5.36. The zero-order chi connectivity index (χ0) is 23.4. The molecule has 2 aromatic carbocycles. The smallest absolute Gasteiger partial charge is 0.278 e. The van der Waals surface area contributed by atoms with E-state index in [9.17, 15) is 9.59 Å². The number of benzene rings is 2. The number of hydrogen-bond donors (Lipinski definition) is 1. The van der Waals surface area contributed by atoms with Gasteiger partial charge >= 0.3 is 0 Å². The van der Waals surface area contributed by atoms with Crippen molar-refractivity contribution < 1.29 is 14.3 Å². The molecule has 1 N–H and O–H groups in total. The number of anilines is 1. The Labute approximate surface area is 197 Å². The van der Waals surface area contributed by atoms with E-state index < -0.39 is 5.91 Å². The molecule has 1 aromatic heterocycles. The Morgan fingerprint density at radius 2 is 1.79 bits per heavy atom. The quantitative estimate of drug-likeness (QED) is 0.465. The van der Waals surface area contributed by atoms with Gasteiger partial charge in [-0.2, -0.15) is 0 Å². The molecule has 6 nitrogen and oxygen atoms in total. The Hall–Kier alpha value is -3.64. The van der Waals surface area contributed by atoms with Crippen molar-refractivity contribution in [3.63, 3.8) is 0 Å². The molecule has 7 heteroatoms. The zero-order valence-corrected chi connectivity index (χ0v) is 19.2. The van der Waals surface area contributed by atoms with Gasteiger partial charge in [-0.3, -0.25) is 19.5 Å². The fourth-order valence-corrected chi connectivity index (χ4v) is 3.75. The van der Waals surface area contributed by atoms with Crippen LogP contribution in [-0.2, 0) is 16.1 Å². The van der Waals surface area contributed by atoms with E-state index in [0.29, 0.717) is 39.9 Å². The van der Waals surface area contributed by atoms with Crippen molar-refractivity contribution in [1.29, 1.82) is 0 Å². The summed E-state index contributed by atoms with van der Waals surface area (Å²) in [6.45, 7) is 4.59. The molecule has 2 heterocycles. The van der Waals surface area contributed by atoms with Gasteiger partial charge < -0.3 is 10.1 Å². The predicted molar refractivity (Wildman–Crippen MR) is 129 cm³/mol. The minimum atomic E-state index is -0.411. The van der Waals surface area contributed by atoms with Crippen LogP contribution in [0.3, 0.4) is 0 Å². The van der Waals surface area contributed by atoms with Crippen LogP contribution in [0, 0.1) is 6.92 Å². The average molecular weight is 462 g/mol. The van der Waals surface area contributed by atoms with E-state index in [4.69, 9.17) is 16.3 Å². The van der Waals surface area contributed by atoms with Gasteiger partial charge in [0.2, 0.25) is 0 Å². The fraction of sp³-hybridized carbons (Fsp3) is 0.192. The fourth-order valence-electron chi connectivity index (χ4n) is 3.57. The van der Waals surface area contributed by atoms with E-state index in [0.717, 1.165) is 12.0 Å². The predicted octanol–water partition coefficient (Wildman–Crippen LogP) is 5.22. The van der Waals surface area contributed by atoms with Gasteiger partial charge in [0, 0.05) is 16.9 Å². The molecule has 33 heavy (non-hydrogen) atoms. The highest BCUT2D eigenvalue weighted by Gasteiger charge is 2.39. The van der Waals surface area contributed by atoms with Gasteiger partial charge in [-0.15, -0.1) is 0 Å². The maximum atomic E-state index is 13.5. The number of carbonyl (C=O) groups is 2. The van der Waals surface area contributed by atoms with E-state index in [1.807, 2.05) is 26.0 Å². The first kappa shape index (κ1) is 22.6. The van der Waals surface area contributed by atoms with Gasteiger partial charge in [0.05, 0.1) is 24.4 Å². The van der Waals surface area contributed by atoms with E-state index >= 15 is 0 Å². The molecule has 0 radical (unpaired) electrons. The standard InChI is InChI=1S/C26H24ClN3O3/c1-3-15-33-20-12-10-18(11-13-20)23-24(29-22-9-6-8-21(27)17(22)2)26(32)30(25(23)31)16-19-7-4-5-14-28-19/h4-14,29H,3,15-16H2,1-2H3. The van der Waals surface area contributed by atoms with E-state index in [-0.39, 0.29) is 18.1 Å². The summed E-state index contributed by atoms with van der Waals surface area (Å²) in [6, 6.07) is 18.0. The summed E-state index contributed by atoms with van der Waals surface area (Å²) in [5, 5.41) is 3.75. The second-order valence-corrected chi connectivity index (χ2v) is 8.08. The first-order valence-corrected chi connectivity index (χ1v) is 11.1. The van der Waals surface area contributed by atoms with Crippen LogP contribution in [0.2, 0.25) is 5.02 Å². The molecule has 1 aliphatic rings. The Bertz CT molecular complexity index is 1210. The Kier molecular flexibility index (Phi) is 6.75. The number of imide groups is 1. The molecule has 3 aromatic rings. The second kappa shape index (κ2) is 9.88. The van der Waals surface area contributed by atoms with Crippen LogP contribution in [0.15, 0.2) is 72.6 Å². The molecule has 168 valence electrons. The van der Waals surface area contributed by atoms with Crippen molar-refractivity contribution in [2.24, 2.45) is 0 Å². The molecule has 0 saturated carbocycles. The molecular formula is C26H24ClN3O3. The number of amides is 2. The van der Waals surface area contributed by atoms with E-state index in [1.54, 1.807) is 54.7 Å². The zero-order valence-electron chi connectivity index (χ0n) is 18.5. The van der Waals surface area contributed by atoms with Crippen molar-refractivity contribution in [1.82, 2.24) is 9.88 Å². The lowest BCUT2D eigenvalue weighted by molar-refractivity contribution is -0.137. The number of nitrogens with one attached hydrogen (secondary N) is 1. The highest BCUT2D eigenvalue weighted by atomic mass is 35.5. The summed E-state index contributed by atoms with van der Waals surface area (Å²) >= 11 is 6.27. The number of halogens is 1. The first-order chi connectivity index (χ1) is 16.0. The minimum Gasteiger partial charge on any atom is -0.494 e. The number of carbonyl (C=O) groups excluding carboxylic acids is 2. The van der Waals surface area contributed by atoms with E-state index in [2.05, 4.69) is 10.3 Å². The molecule has 0 bridgehead atoms. The molecule has 2 amide bonds. The van der Waals surface area contributed by atoms with Crippen molar-refractivity contribution in [2.75, 3.05) is 11.9 Å². The van der Waals surface area contributed by atoms with Crippen molar-refractivity contribution >= 4 is 34.7 Å². The SMILES string of the molecule is CCCOc1ccc(C2=C(Nc3cccc(Cl)c3C)C(=O)N(Cc3ccccn3)C2=O)cc1. The van der Waals surface area contributed by atoms with Gasteiger partial charge in [-0.25, -0.2) is 0 Å². The molecule has 0 saturated heterocycles. The number of ether oxygens (including phenoxy) is 1. The summed E-state index contributed by atoms with van der Waals surface area (Å²) in [5.41, 5.74) is 3.22. The van der Waals surface area contributed by atoms with Gasteiger partial charge in [0.1, 0.15) is 11.4 Å². The van der Waals surface area contributed by atoms with E-state index in [1.165, 1.54) is 4.90 Å². The Morgan fingerprint density at radius 3 is 2.48 bits per heavy atom. The monoisotopic (exact) mass is 461 g/mol. The largest absolute Gasteiger partial charge is 0.494 e. The second-order valence-electron chi connectivity index (χ2n) is 7.68. The van der Waals surface area contributed by atoms with Crippen LogP contribution in [0.25, 0.3) is 5.57 Å². The number of rotatable bonds is 8. The van der Waals surface area contributed by atoms with Crippen LogP contribution < -0.4 is 10.1 Å². The normalized spacial score (nSPS) is 13.6. The van der Waals surface area contributed by atoms with Crippen LogP contribution in [0.4, 0.5) is 5.69 Å². The van der Waals surface area contributed by atoms with Gasteiger partial charge in [-0.1, -0.05) is 42.8 Å². The summed E-state index contributed by atoms with van der Waals surface area (Å²) in [4.78, 5) is 32.3. The minimum absolute atomic E-state index is 0.0827. The maximum Gasteiger partial charge on any atom is 0.278 e. The molecule has 0 fully saturated rings. The first-order valence-electron chi connectivity index (χ1n) is 10.7. The summed E-state index contributed by atoms with van der Waals surface area (Å²) in [6.07, 6.45) is 2.54. The number of aromatic nitrogens is 1. The molecule has 0 atom stereocenters. The maximum absolute atomic E-state index is 13.5. The lowest BCUT2D eigenvalue weighted by Crippen LogP contribution is -2.32. The molecule has 4 rings (SSSR count). The number of hydrogen-bond acceptors (Lipinski definition) is 5. The van der Waals surface area contributed by atoms with Crippen molar-refractivity contribution in [3.05, 3.63) is 94.4 Å². The Morgan fingerprint density at radius 1 is 1.00 bits per heavy atom. The van der Waals surface area contributed by atoms with Gasteiger partial charge in [0.25, 0.3) is 11.8 Å². The molecule has 0 unspecified atom stereocenters. The van der Waals surface area contributed by atoms with Crippen molar-refractivity contribution in [3.8, 4) is 5.75 Å². The molecule has 0 spiro atoms. The Balaban J connectivity index is 1.73. The summed E-state index contributed by atoms with van der Waals surface area (Å²) in [5.74, 6) is -0.0788. The van der Waals surface area contributed by atoms with Crippen LogP contribution >= 0.6 is 11.6 Å². The average Bonchev–Trinajstić information content (AvgIpc) is 3.06. The van der Waals surface area contributed by atoms with Crippen LogP contribution in [0.5, 0.6) is 5.75 Å². The highest BCUT2D eigenvalue weighted by Crippen LogP contribution is 2.33. The third-order valence-corrected chi connectivity index (χ3v) is 5.77.